The molecule has 2 rings (SSSR count). The summed E-state index contributed by atoms with van der Waals surface area (Å²) in [6.45, 7) is 1.58. The Balaban J connectivity index is 2.06. The van der Waals surface area contributed by atoms with Gasteiger partial charge in [0.1, 0.15) is 5.41 Å². The number of carbonyl (C=O) groups excluding carboxylic acids is 1. The third-order valence-corrected chi connectivity index (χ3v) is 4.56. The molecule has 1 heterocycles. The van der Waals surface area contributed by atoms with Gasteiger partial charge in [-0.15, -0.1) is 0 Å². The molecule has 19 heavy (non-hydrogen) atoms. The Morgan fingerprint density at radius 2 is 2.16 bits per heavy atom. The molecule has 1 saturated carbocycles. The van der Waals surface area contributed by atoms with Gasteiger partial charge in [0.15, 0.2) is 5.84 Å². The number of nitrogens with zero attached hydrogens (tertiary/aromatic N) is 2. The van der Waals surface area contributed by atoms with Crippen molar-refractivity contribution in [1.29, 1.82) is 0 Å². The zero-order valence-corrected chi connectivity index (χ0v) is 11.2. The van der Waals surface area contributed by atoms with Crippen LogP contribution in [-0.4, -0.2) is 46.7 Å². The molecule has 1 aliphatic heterocycles. The van der Waals surface area contributed by atoms with Crippen LogP contribution in [0, 0.1) is 11.3 Å². The third-order valence-electron chi connectivity index (χ3n) is 4.56. The van der Waals surface area contributed by atoms with E-state index in [-0.39, 0.29) is 18.3 Å². The highest BCUT2D eigenvalue weighted by molar-refractivity contribution is 6.07. The molecule has 1 unspecified atom stereocenters. The number of amidine groups is 1. The van der Waals surface area contributed by atoms with Crippen LogP contribution in [0.2, 0.25) is 0 Å². The second-order valence-electron chi connectivity index (χ2n) is 5.69. The van der Waals surface area contributed by atoms with Crippen LogP contribution in [0.3, 0.4) is 0 Å². The molecule has 0 aromatic carbocycles. The molecule has 0 aromatic rings. The zero-order valence-electron chi connectivity index (χ0n) is 11.2. The highest BCUT2D eigenvalue weighted by Crippen LogP contribution is 2.43. The molecule has 1 atom stereocenters. The minimum atomic E-state index is -0.768. The van der Waals surface area contributed by atoms with E-state index in [0.29, 0.717) is 25.3 Å². The van der Waals surface area contributed by atoms with Crippen LogP contribution >= 0.6 is 0 Å². The van der Waals surface area contributed by atoms with Crippen LogP contribution in [0.25, 0.3) is 0 Å². The molecule has 4 N–H and O–H groups in total. The van der Waals surface area contributed by atoms with Gasteiger partial charge in [-0.2, -0.15) is 0 Å². The number of hydrogen-bond acceptors (Lipinski definition) is 4. The monoisotopic (exact) mass is 269 g/mol. The summed E-state index contributed by atoms with van der Waals surface area (Å²) in [5.74, 6) is 0.414. The summed E-state index contributed by atoms with van der Waals surface area (Å²) in [4.78, 5) is 14.5. The Labute approximate surface area is 113 Å². The lowest BCUT2D eigenvalue weighted by Crippen LogP contribution is -2.56. The number of hydrogen-bond donors (Lipinski definition) is 3. The topological polar surface area (TPSA) is 99.2 Å². The minimum Gasteiger partial charge on any atom is -0.409 e. The minimum absolute atomic E-state index is 0.00307. The van der Waals surface area contributed by atoms with Crippen molar-refractivity contribution in [2.45, 2.75) is 38.5 Å². The smallest absolute Gasteiger partial charge is 0.236 e. The predicted octanol–water partition coefficient (Wildman–Crippen LogP) is 0.524. The van der Waals surface area contributed by atoms with Gasteiger partial charge in [-0.3, -0.25) is 4.79 Å². The average Bonchev–Trinajstić information content (AvgIpc) is 2.37. The second kappa shape index (κ2) is 5.77. The number of aliphatic hydroxyl groups is 1. The second-order valence-corrected chi connectivity index (χ2v) is 5.69. The fraction of sp³-hybridized carbons (Fsp3) is 0.846. The maximum absolute atomic E-state index is 12.6. The molecule has 6 heteroatoms. The molecule has 0 aromatic heterocycles. The Hall–Kier alpha value is -1.30. The molecule has 0 bridgehead atoms. The van der Waals surface area contributed by atoms with Gasteiger partial charge < -0.3 is 20.9 Å². The van der Waals surface area contributed by atoms with E-state index < -0.39 is 5.41 Å². The fourth-order valence-electron chi connectivity index (χ4n) is 3.18. The number of carbonyl (C=O) groups is 1. The summed E-state index contributed by atoms with van der Waals surface area (Å²) >= 11 is 0. The van der Waals surface area contributed by atoms with Gasteiger partial charge in [-0.25, -0.2) is 0 Å². The van der Waals surface area contributed by atoms with Gasteiger partial charge in [-0.1, -0.05) is 11.6 Å². The number of aliphatic hydroxyl groups excluding tert-OH is 1. The molecular formula is C13H23N3O3. The first-order valence-electron chi connectivity index (χ1n) is 7.02. The Morgan fingerprint density at radius 1 is 1.42 bits per heavy atom. The lowest BCUT2D eigenvalue weighted by atomic mass is 9.66. The number of oxime groups is 1. The van der Waals surface area contributed by atoms with Gasteiger partial charge in [-0.05, 0) is 38.0 Å². The molecule has 108 valence electrons. The van der Waals surface area contributed by atoms with E-state index in [4.69, 9.17) is 16.0 Å². The van der Waals surface area contributed by atoms with E-state index in [1.165, 1.54) is 0 Å². The lowest BCUT2D eigenvalue weighted by molar-refractivity contribution is -0.144. The van der Waals surface area contributed by atoms with Crippen molar-refractivity contribution in [2.75, 3.05) is 19.7 Å². The number of piperidine rings is 1. The van der Waals surface area contributed by atoms with Gasteiger partial charge in [0, 0.05) is 19.7 Å². The van der Waals surface area contributed by atoms with Crippen LogP contribution in [0.15, 0.2) is 5.16 Å². The number of likely N-dealkylation sites (tertiary alicyclic amines) is 1. The van der Waals surface area contributed by atoms with Crippen LogP contribution in [-0.2, 0) is 4.79 Å². The van der Waals surface area contributed by atoms with E-state index in [1.54, 1.807) is 0 Å². The van der Waals surface area contributed by atoms with E-state index in [0.717, 1.165) is 32.2 Å². The van der Waals surface area contributed by atoms with Gasteiger partial charge in [0.05, 0.1) is 0 Å². The highest BCUT2D eigenvalue weighted by Gasteiger charge is 2.50. The van der Waals surface area contributed by atoms with E-state index >= 15 is 0 Å². The van der Waals surface area contributed by atoms with E-state index in [9.17, 15) is 4.79 Å². The summed E-state index contributed by atoms with van der Waals surface area (Å²) in [5, 5.41) is 21.0. The van der Waals surface area contributed by atoms with Crippen molar-refractivity contribution in [3.63, 3.8) is 0 Å². The number of rotatable bonds is 4. The summed E-state index contributed by atoms with van der Waals surface area (Å²) in [6.07, 6.45) is 5.03. The SMILES string of the molecule is NC(=NO)C1(C(=O)N2CCCC(CCO)C2)CCC1. The molecule has 0 radical (unpaired) electrons. The number of nitrogens with two attached hydrogens (primary N) is 1. The van der Waals surface area contributed by atoms with Crippen molar-refractivity contribution in [2.24, 2.45) is 22.2 Å². The Morgan fingerprint density at radius 3 is 2.68 bits per heavy atom. The largest absolute Gasteiger partial charge is 0.409 e. The highest BCUT2D eigenvalue weighted by atomic mass is 16.4. The maximum Gasteiger partial charge on any atom is 0.236 e. The first-order valence-corrected chi connectivity index (χ1v) is 7.02. The summed E-state index contributed by atoms with van der Waals surface area (Å²) < 4.78 is 0. The van der Waals surface area contributed by atoms with Gasteiger partial charge in [0.2, 0.25) is 5.91 Å². The van der Waals surface area contributed by atoms with E-state index in [1.807, 2.05) is 4.90 Å². The molecule has 0 spiro atoms. The fourth-order valence-corrected chi connectivity index (χ4v) is 3.18. The van der Waals surface area contributed by atoms with Crippen molar-refractivity contribution < 1.29 is 15.1 Å². The van der Waals surface area contributed by atoms with Crippen molar-refractivity contribution in [1.82, 2.24) is 4.90 Å². The summed E-state index contributed by atoms with van der Waals surface area (Å²) in [6, 6.07) is 0. The van der Waals surface area contributed by atoms with Crippen molar-refractivity contribution in [3.8, 4) is 0 Å². The average molecular weight is 269 g/mol. The third kappa shape index (κ3) is 2.54. The molecule has 1 amide bonds. The van der Waals surface area contributed by atoms with Crippen molar-refractivity contribution in [3.05, 3.63) is 0 Å². The molecule has 6 nitrogen and oxygen atoms in total. The van der Waals surface area contributed by atoms with Crippen LogP contribution in [0.4, 0.5) is 0 Å². The van der Waals surface area contributed by atoms with Gasteiger partial charge in [0.25, 0.3) is 0 Å². The van der Waals surface area contributed by atoms with Crippen molar-refractivity contribution >= 4 is 11.7 Å². The molecule has 2 fully saturated rings. The summed E-state index contributed by atoms with van der Waals surface area (Å²) in [7, 11) is 0. The predicted molar refractivity (Wildman–Crippen MR) is 70.7 cm³/mol. The van der Waals surface area contributed by atoms with Gasteiger partial charge >= 0.3 is 0 Å². The molecular weight excluding hydrogens is 246 g/mol. The van der Waals surface area contributed by atoms with E-state index in [2.05, 4.69) is 5.16 Å². The Bertz CT molecular complexity index is 364. The maximum atomic E-state index is 12.6. The standard InChI is InChI=1S/C13H23N3O3/c14-11(15-19)13(5-2-6-13)12(18)16-7-1-3-10(9-16)4-8-17/h10,17,19H,1-9H2,(H2,14,15). The molecule has 1 saturated heterocycles. The zero-order chi connectivity index (χ0) is 13.9. The quantitative estimate of drug-likeness (QED) is 0.300. The molecule has 2 aliphatic rings. The normalized spacial score (nSPS) is 26.9. The van der Waals surface area contributed by atoms with Crippen LogP contribution in [0.5, 0.6) is 0 Å². The summed E-state index contributed by atoms with van der Waals surface area (Å²) in [5.41, 5.74) is 4.96. The number of amides is 1. The van der Waals surface area contributed by atoms with Crippen LogP contribution in [0.1, 0.15) is 38.5 Å². The Kier molecular flexibility index (Phi) is 4.29. The lowest BCUT2D eigenvalue weighted by Gasteiger charge is -2.44. The molecule has 1 aliphatic carbocycles. The first-order chi connectivity index (χ1) is 9.14. The van der Waals surface area contributed by atoms with Crippen LogP contribution < -0.4 is 5.73 Å². The first kappa shape index (κ1) is 14.1.